The zero-order chi connectivity index (χ0) is 37.6. The number of piperidine rings is 1. The highest BCUT2D eigenvalue weighted by Crippen LogP contribution is 2.42. The lowest BCUT2D eigenvalue weighted by Crippen LogP contribution is -2.39. The van der Waals surface area contributed by atoms with Crippen molar-refractivity contribution in [1.82, 2.24) is 40.5 Å². The molecule has 0 unspecified atom stereocenters. The lowest BCUT2D eigenvalue weighted by atomic mass is 9.88. The molecule has 1 aliphatic heterocycles. The van der Waals surface area contributed by atoms with Crippen molar-refractivity contribution in [3.05, 3.63) is 142 Å². The van der Waals surface area contributed by atoms with Crippen molar-refractivity contribution in [2.24, 2.45) is 0 Å². The number of aromatic nitrogens is 5. The molecule has 1 aliphatic rings. The number of nitrogens with zero attached hydrogens (tertiary/aromatic N) is 5. The number of pyridine rings is 2. The molecule has 10 heteroatoms. The van der Waals surface area contributed by atoms with Crippen molar-refractivity contribution < 1.29 is 9.59 Å². The summed E-state index contributed by atoms with van der Waals surface area (Å²) in [5.41, 5.74) is 11.2. The van der Waals surface area contributed by atoms with Crippen LogP contribution in [0, 0.1) is 20.8 Å². The van der Waals surface area contributed by atoms with E-state index in [1.807, 2.05) is 73.9 Å². The van der Waals surface area contributed by atoms with Crippen LogP contribution in [0.15, 0.2) is 91.5 Å². The molecule has 0 saturated carbocycles. The Balaban J connectivity index is 1.01. The zero-order valence-electron chi connectivity index (χ0n) is 31.5. The van der Waals surface area contributed by atoms with Crippen LogP contribution in [0.2, 0.25) is 0 Å². The third-order valence-electron chi connectivity index (χ3n) is 10.7. The maximum atomic E-state index is 13.5. The molecule has 5 heterocycles. The van der Waals surface area contributed by atoms with Crippen LogP contribution in [0.4, 0.5) is 0 Å². The van der Waals surface area contributed by atoms with Gasteiger partial charge < -0.3 is 15.6 Å². The second-order valence-electron chi connectivity index (χ2n) is 14.3. The van der Waals surface area contributed by atoms with Gasteiger partial charge in [-0.15, -0.1) is 0 Å². The number of fused-ring (bicyclic) bond motifs is 1. The molecule has 0 aliphatic carbocycles. The quantitative estimate of drug-likeness (QED) is 0.110. The number of amides is 2. The number of aromatic amines is 1. The number of nitrogens with one attached hydrogen (secondary N) is 3. The van der Waals surface area contributed by atoms with Gasteiger partial charge in [-0.05, 0) is 117 Å². The van der Waals surface area contributed by atoms with Gasteiger partial charge in [-0.1, -0.05) is 43.3 Å². The smallest absolute Gasteiger partial charge is 0.267 e. The summed E-state index contributed by atoms with van der Waals surface area (Å²) in [5.74, 6) is -0.283. The molecular weight excluding hydrogens is 673 g/mol. The van der Waals surface area contributed by atoms with Gasteiger partial charge in [-0.25, -0.2) is 9.97 Å². The number of carbonyl (C=O) groups excluding carboxylic acids is 2. The minimum atomic E-state index is -0.182. The summed E-state index contributed by atoms with van der Waals surface area (Å²) in [6.45, 7) is 10.1. The number of hydrogen-bond donors (Lipinski definition) is 3. The highest BCUT2D eigenvalue weighted by molar-refractivity contribution is 6.00. The van der Waals surface area contributed by atoms with Crippen LogP contribution >= 0.6 is 0 Å². The first kappa shape index (κ1) is 36.6. The summed E-state index contributed by atoms with van der Waals surface area (Å²) >= 11 is 0. The second kappa shape index (κ2) is 16.5. The van der Waals surface area contributed by atoms with Gasteiger partial charge in [0.2, 0.25) is 0 Å². The number of likely N-dealkylation sites (tertiary alicyclic amines) is 1. The third-order valence-corrected chi connectivity index (χ3v) is 10.7. The summed E-state index contributed by atoms with van der Waals surface area (Å²) < 4.78 is 0. The van der Waals surface area contributed by atoms with Gasteiger partial charge in [0.1, 0.15) is 17.7 Å². The first-order chi connectivity index (χ1) is 26.3. The molecule has 3 N–H and O–H groups in total. The fourth-order valence-electron chi connectivity index (χ4n) is 7.71. The Morgan fingerprint density at radius 2 is 1.50 bits per heavy atom. The Labute approximate surface area is 316 Å². The Kier molecular flexibility index (Phi) is 11.2. The topological polar surface area (TPSA) is 129 Å². The molecule has 2 aromatic carbocycles. The maximum Gasteiger partial charge on any atom is 0.267 e. The van der Waals surface area contributed by atoms with E-state index in [4.69, 9.17) is 9.97 Å². The van der Waals surface area contributed by atoms with Gasteiger partial charge in [0.15, 0.2) is 0 Å². The number of H-pyrrole nitrogens is 1. The van der Waals surface area contributed by atoms with Crippen molar-refractivity contribution in [3.63, 3.8) is 0 Å². The molecule has 0 bridgehead atoms. The number of aryl methyl sites for hydroxylation is 4. The monoisotopic (exact) mass is 720 g/mol. The first-order valence-electron chi connectivity index (χ1n) is 19.0. The molecule has 54 heavy (non-hydrogen) atoms. The summed E-state index contributed by atoms with van der Waals surface area (Å²) in [7, 11) is 0. The van der Waals surface area contributed by atoms with E-state index in [0.29, 0.717) is 30.0 Å². The first-order valence-corrected chi connectivity index (χ1v) is 19.0. The standard InChI is InChI=1S/C44H48N8O2/c1-5-31-14-16-32(17-15-31)43(53)48-26-34-19-18-33(24-30(34)4)41-35-25-36(51-42(35)50-27-49-41)44(54)47-22-9-23-52-37(39-28(2)10-7-20-45-39)12-6-13-38(52)40-29(3)11-8-21-46-40/h7-8,10-11,14-21,24-25,27,37-38H,5-6,9,12-13,22-23,26H2,1-4H3,(H,47,54)(H,48,53)(H,49,50,51)/t37-,38+. The van der Waals surface area contributed by atoms with Gasteiger partial charge in [0, 0.05) is 48.5 Å². The predicted molar refractivity (Wildman–Crippen MR) is 212 cm³/mol. The van der Waals surface area contributed by atoms with Gasteiger partial charge in [-0.2, -0.15) is 0 Å². The minimum Gasteiger partial charge on any atom is -0.351 e. The third kappa shape index (κ3) is 7.94. The number of rotatable bonds is 12. The van der Waals surface area contributed by atoms with E-state index in [1.165, 1.54) is 23.0 Å². The minimum absolute atomic E-state index is 0.101. The summed E-state index contributed by atoms with van der Waals surface area (Å²) in [5, 5.41) is 6.95. The van der Waals surface area contributed by atoms with Crippen molar-refractivity contribution in [2.75, 3.05) is 13.1 Å². The fraction of sp³-hybridized carbons (Fsp3) is 0.318. The average Bonchev–Trinajstić information content (AvgIpc) is 3.64. The number of benzene rings is 2. The molecule has 2 atom stereocenters. The van der Waals surface area contributed by atoms with E-state index in [2.05, 4.69) is 69.5 Å². The molecule has 10 nitrogen and oxygen atoms in total. The Morgan fingerprint density at radius 1 is 0.796 bits per heavy atom. The fourth-order valence-corrected chi connectivity index (χ4v) is 7.71. The van der Waals surface area contributed by atoms with E-state index in [-0.39, 0.29) is 23.9 Å². The molecule has 6 aromatic rings. The summed E-state index contributed by atoms with van der Waals surface area (Å²) in [6.07, 6.45) is 10.2. The van der Waals surface area contributed by atoms with Crippen LogP contribution in [0.3, 0.4) is 0 Å². The van der Waals surface area contributed by atoms with Crippen LogP contribution in [0.5, 0.6) is 0 Å². The van der Waals surface area contributed by atoms with E-state index >= 15 is 0 Å². The normalized spacial score (nSPS) is 16.0. The molecular formula is C44H48N8O2. The zero-order valence-corrected chi connectivity index (χ0v) is 31.5. The molecule has 2 amide bonds. The van der Waals surface area contributed by atoms with Crippen molar-refractivity contribution in [2.45, 2.75) is 78.4 Å². The second-order valence-corrected chi connectivity index (χ2v) is 14.3. The van der Waals surface area contributed by atoms with Crippen LogP contribution in [-0.4, -0.2) is 54.7 Å². The van der Waals surface area contributed by atoms with Crippen LogP contribution in [-0.2, 0) is 13.0 Å². The highest BCUT2D eigenvalue weighted by Gasteiger charge is 2.35. The van der Waals surface area contributed by atoms with Gasteiger partial charge in [0.25, 0.3) is 11.8 Å². The van der Waals surface area contributed by atoms with Gasteiger partial charge in [0.05, 0.1) is 29.2 Å². The van der Waals surface area contributed by atoms with Crippen molar-refractivity contribution >= 4 is 22.8 Å². The van der Waals surface area contributed by atoms with E-state index < -0.39 is 0 Å². The number of carbonyl (C=O) groups is 2. The van der Waals surface area contributed by atoms with E-state index in [0.717, 1.165) is 77.8 Å². The lowest BCUT2D eigenvalue weighted by Gasteiger charge is -2.42. The number of hydrogen-bond acceptors (Lipinski definition) is 7. The molecule has 0 spiro atoms. The maximum absolute atomic E-state index is 13.5. The summed E-state index contributed by atoms with van der Waals surface area (Å²) in [4.78, 5) is 50.7. The van der Waals surface area contributed by atoms with Gasteiger partial charge in [-0.3, -0.25) is 24.5 Å². The molecule has 1 fully saturated rings. The van der Waals surface area contributed by atoms with Crippen LogP contribution < -0.4 is 10.6 Å². The van der Waals surface area contributed by atoms with Crippen LogP contribution in [0.1, 0.15) is 105 Å². The average molecular weight is 721 g/mol. The Bertz CT molecular complexity index is 2210. The largest absolute Gasteiger partial charge is 0.351 e. The lowest BCUT2D eigenvalue weighted by molar-refractivity contribution is 0.0740. The molecule has 0 radical (unpaired) electrons. The SMILES string of the molecule is CCc1ccc(C(=O)NCc2ccc(-c3ncnc4[nH]c(C(=O)NCCCN5[C@@H](c6ncccc6C)CCC[C@H]5c5ncccc5C)cc34)cc2C)cc1. The predicted octanol–water partition coefficient (Wildman–Crippen LogP) is 7.92. The van der Waals surface area contributed by atoms with E-state index in [9.17, 15) is 9.59 Å². The molecule has 7 rings (SSSR count). The molecule has 276 valence electrons. The highest BCUT2D eigenvalue weighted by atomic mass is 16.2. The Hall–Kier alpha value is -5.74. The van der Waals surface area contributed by atoms with Crippen molar-refractivity contribution in [1.29, 1.82) is 0 Å². The Morgan fingerprint density at radius 3 is 2.15 bits per heavy atom. The van der Waals surface area contributed by atoms with Gasteiger partial charge >= 0.3 is 0 Å². The van der Waals surface area contributed by atoms with Crippen molar-refractivity contribution in [3.8, 4) is 11.3 Å². The van der Waals surface area contributed by atoms with Crippen LogP contribution in [0.25, 0.3) is 22.3 Å². The molecule has 4 aromatic heterocycles. The van der Waals surface area contributed by atoms with E-state index in [1.54, 1.807) is 0 Å². The molecule has 1 saturated heterocycles. The summed E-state index contributed by atoms with van der Waals surface area (Å²) in [6, 6.07) is 24.3.